The molecule has 2 amide bonds. The Hall–Kier alpha value is -3.06. The number of likely N-dealkylation sites (tertiary alicyclic amines) is 1. The molecule has 0 unspecified atom stereocenters. The number of likely N-dealkylation sites (N-methyl/N-ethyl adjacent to an activating group) is 1. The number of carbonyl (C=O) groups is 2. The van der Waals surface area contributed by atoms with Gasteiger partial charge in [-0.3, -0.25) is 9.59 Å². The highest BCUT2D eigenvalue weighted by molar-refractivity contribution is 6.42. The highest BCUT2D eigenvalue weighted by Gasteiger charge is 2.37. The van der Waals surface area contributed by atoms with E-state index in [0.717, 1.165) is 24.3 Å². The predicted octanol–water partition coefficient (Wildman–Crippen LogP) is 5.60. The molecule has 198 valence electrons. The smallest absolute Gasteiger partial charge is 0.253 e. The van der Waals surface area contributed by atoms with Crippen molar-refractivity contribution in [1.82, 2.24) is 9.80 Å². The standard InChI is InChI=1S/C30H31Cl2N3O3/c1-33(29(36)22-7-10-24(11-8-22)34-15-17-38-18-16-34)28-13-14-35(30(37)21-5-3-2-4-6-21)20-25(28)23-9-12-26(31)27(32)19-23/h2-12,19,25,28H,13-18,20H2,1H3/t25-,28+/m0/s1. The number of halogens is 2. The first-order valence-electron chi connectivity index (χ1n) is 12.9. The Bertz CT molecular complexity index is 1280. The van der Waals surface area contributed by atoms with Gasteiger partial charge in [0.25, 0.3) is 11.8 Å². The molecule has 6 nitrogen and oxygen atoms in total. The second-order valence-electron chi connectivity index (χ2n) is 9.82. The summed E-state index contributed by atoms with van der Waals surface area (Å²) in [5.74, 6) is -0.175. The van der Waals surface area contributed by atoms with Gasteiger partial charge in [0.15, 0.2) is 0 Å². The Balaban J connectivity index is 1.38. The highest BCUT2D eigenvalue weighted by Crippen LogP contribution is 2.35. The molecule has 2 heterocycles. The molecular formula is C30H31Cl2N3O3. The van der Waals surface area contributed by atoms with Crippen LogP contribution in [-0.4, -0.2) is 74.1 Å². The van der Waals surface area contributed by atoms with Crippen LogP contribution in [0.4, 0.5) is 5.69 Å². The minimum Gasteiger partial charge on any atom is -0.378 e. The molecule has 0 spiro atoms. The van der Waals surface area contributed by atoms with Crippen LogP contribution in [0.3, 0.4) is 0 Å². The van der Waals surface area contributed by atoms with E-state index in [2.05, 4.69) is 4.90 Å². The summed E-state index contributed by atoms with van der Waals surface area (Å²) in [4.78, 5) is 32.9. The van der Waals surface area contributed by atoms with Crippen LogP contribution in [0.25, 0.3) is 0 Å². The molecule has 38 heavy (non-hydrogen) atoms. The van der Waals surface area contributed by atoms with Gasteiger partial charge >= 0.3 is 0 Å². The molecule has 2 atom stereocenters. The Morgan fingerprint density at radius 2 is 1.58 bits per heavy atom. The average molecular weight is 553 g/mol. The number of amides is 2. The summed E-state index contributed by atoms with van der Waals surface area (Å²) in [5, 5.41) is 0.937. The summed E-state index contributed by atoms with van der Waals surface area (Å²) in [6.07, 6.45) is 0.650. The van der Waals surface area contributed by atoms with E-state index in [9.17, 15) is 9.59 Å². The third-order valence-corrected chi connectivity index (χ3v) is 8.30. The average Bonchev–Trinajstić information content (AvgIpc) is 2.98. The molecule has 2 saturated heterocycles. The van der Waals surface area contributed by atoms with Gasteiger partial charge in [0.05, 0.1) is 23.3 Å². The summed E-state index contributed by atoms with van der Waals surface area (Å²) in [5.41, 5.74) is 3.34. The number of benzene rings is 3. The van der Waals surface area contributed by atoms with Crippen LogP contribution in [0.2, 0.25) is 10.0 Å². The largest absolute Gasteiger partial charge is 0.378 e. The second kappa shape index (κ2) is 11.8. The third-order valence-electron chi connectivity index (χ3n) is 7.56. The molecule has 0 aromatic heterocycles. The van der Waals surface area contributed by atoms with Gasteiger partial charge in [0, 0.05) is 62.0 Å². The van der Waals surface area contributed by atoms with Gasteiger partial charge in [0.1, 0.15) is 0 Å². The Morgan fingerprint density at radius 3 is 2.26 bits per heavy atom. The summed E-state index contributed by atoms with van der Waals surface area (Å²) in [6, 6.07) is 22.6. The molecule has 0 radical (unpaired) electrons. The van der Waals surface area contributed by atoms with Crippen LogP contribution in [0.5, 0.6) is 0 Å². The summed E-state index contributed by atoms with van der Waals surface area (Å²) >= 11 is 12.6. The Morgan fingerprint density at radius 1 is 0.868 bits per heavy atom. The van der Waals surface area contributed by atoms with E-state index < -0.39 is 0 Å². The van der Waals surface area contributed by atoms with Crippen molar-refractivity contribution in [3.8, 4) is 0 Å². The monoisotopic (exact) mass is 551 g/mol. The van der Waals surface area contributed by atoms with E-state index in [1.165, 1.54) is 0 Å². The number of hydrogen-bond donors (Lipinski definition) is 0. The molecule has 3 aromatic rings. The number of ether oxygens (including phenoxy) is 1. The fourth-order valence-electron chi connectivity index (χ4n) is 5.41. The third kappa shape index (κ3) is 5.68. The molecule has 0 bridgehead atoms. The lowest BCUT2D eigenvalue weighted by molar-refractivity contribution is 0.0518. The molecular weight excluding hydrogens is 521 g/mol. The van der Waals surface area contributed by atoms with Crippen molar-refractivity contribution < 1.29 is 14.3 Å². The maximum Gasteiger partial charge on any atom is 0.253 e. The van der Waals surface area contributed by atoms with E-state index in [-0.39, 0.29) is 23.8 Å². The van der Waals surface area contributed by atoms with Gasteiger partial charge < -0.3 is 19.4 Å². The van der Waals surface area contributed by atoms with E-state index >= 15 is 0 Å². The van der Waals surface area contributed by atoms with Crippen molar-refractivity contribution in [3.05, 3.63) is 99.5 Å². The normalized spacial score (nSPS) is 19.8. The number of carbonyl (C=O) groups excluding carboxylic acids is 2. The summed E-state index contributed by atoms with van der Waals surface area (Å²) in [7, 11) is 1.85. The zero-order valence-electron chi connectivity index (χ0n) is 21.4. The maximum atomic E-state index is 13.6. The molecule has 5 rings (SSSR count). The number of nitrogens with zero attached hydrogens (tertiary/aromatic N) is 3. The zero-order valence-corrected chi connectivity index (χ0v) is 22.9. The van der Waals surface area contributed by atoms with Crippen LogP contribution in [0, 0.1) is 0 Å². The van der Waals surface area contributed by atoms with Crippen LogP contribution in [0.15, 0.2) is 72.8 Å². The van der Waals surface area contributed by atoms with Crippen LogP contribution in [-0.2, 0) is 4.74 Å². The topological polar surface area (TPSA) is 53.1 Å². The summed E-state index contributed by atoms with van der Waals surface area (Å²) < 4.78 is 5.45. The number of morpholine rings is 1. The van der Waals surface area contributed by atoms with Crippen molar-refractivity contribution in [1.29, 1.82) is 0 Å². The lowest BCUT2D eigenvalue weighted by atomic mass is 9.84. The zero-order chi connectivity index (χ0) is 26.6. The van der Waals surface area contributed by atoms with E-state index in [4.69, 9.17) is 27.9 Å². The van der Waals surface area contributed by atoms with Gasteiger partial charge in [-0.05, 0) is 60.5 Å². The van der Waals surface area contributed by atoms with Crippen LogP contribution in [0.1, 0.15) is 38.6 Å². The number of hydrogen-bond acceptors (Lipinski definition) is 4. The molecule has 8 heteroatoms. The van der Waals surface area contributed by atoms with E-state index in [0.29, 0.717) is 53.9 Å². The first-order valence-corrected chi connectivity index (χ1v) is 13.7. The Kier molecular flexibility index (Phi) is 8.22. The molecule has 2 aliphatic rings. The molecule has 0 N–H and O–H groups in total. The minimum atomic E-state index is -0.118. The molecule has 2 fully saturated rings. The fraction of sp³-hybridized carbons (Fsp3) is 0.333. The lowest BCUT2D eigenvalue weighted by Gasteiger charge is -2.43. The number of rotatable bonds is 5. The van der Waals surface area contributed by atoms with Crippen molar-refractivity contribution in [2.24, 2.45) is 0 Å². The van der Waals surface area contributed by atoms with Gasteiger partial charge in [-0.2, -0.15) is 0 Å². The predicted molar refractivity (Wildman–Crippen MR) is 152 cm³/mol. The van der Waals surface area contributed by atoms with Crippen molar-refractivity contribution in [2.75, 3.05) is 51.3 Å². The van der Waals surface area contributed by atoms with Crippen molar-refractivity contribution >= 4 is 40.7 Å². The van der Waals surface area contributed by atoms with Crippen molar-refractivity contribution in [3.63, 3.8) is 0 Å². The molecule has 0 saturated carbocycles. The second-order valence-corrected chi connectivity index (χ2v) is 10.6. The van der Waals surface area contributed by atoms with Crippen molar-refractivity contribution in [2.45, 2.75) is 18.4 Å². The van der Waals surface area contributed by atoms with E-state index in [1.807, 2.05) is 83.6 Å². The van der Waals surface area contributed by atoms with E-state index in [1.54, 1.807) is 6.07 Å². The quantitative estimate of drug-likeness (QED) is 0.414. The number of anilines is 1. The molecule has 3 aromatic carbocycles. The van der Waals surface area contributed by atoms with Gasteiger partial charge in [-0.15, -0.1) is 0 Å². The lowest BCUT2D eigenvalue weighted by Crippen LogP contribution is -2.51. The van der Waals surface area contributed by atoms with Gasteiger partial charge in [0.2, 0.25) is 0 Å². The van der Waals surface area contributed by atoms with Crippen LogP contribution < -0.4 is 4.90 Å². The maximum absolute atomic E-state index is 13.6. The molecule has 2 aliphatic heterocycles. The number of piperidine rings is 1. The minimum absolute atomic E-state index is 0.0122. The van der Waals surface area contributed by atoms with Crippen LogP contribution >= 0.6 is 23.2 Å². The highest BCUT2D eigenvalue weighted by atomic mass is 35.5. The fourth-order valence-corrected chi connectivity index (χ4v) is 5.72. The van der Waals surface area contributed by atoms with Gasteiger partial charge in [-0.25, -0.2) is 0 Å². The Labute approximate surface area is 233 Å². The molecule has 0 aliphatic carbocycles. The first-order chi connectivity index (χ1) is 18.4. The van der Waals surface area contributed by atoms with Gasteiger partial charge in [-0.1, -0.05) is 47.5 Å². The SMILES string of the molecule is CN(C(=O)c1ccc(N2CCOCC2)cc1)[C@@H]1CCN(C(=O)c2ccccc2)C[C@H]1c1ccc(Cl)c(Cl)c1. The summed E-state index contributed by atoms with van der Waals surface area (Å²) in [6.45, 7) is 4.15. The first kappa shape index (κ1) is 26.5.